The highest BCUT2D eigenvalue weighted by Gasteiger charge is 2.06. The van der Waals surface area contributed by atoms with Crippen LogP contribution < -0.4 is 5.32 Å². The third kappa shape index (κ3) is 6.18. The highest BCUT2D eigenvalue weighted by atomic mass is 16.1. The molecule has 130 valence electrons. The number of nitrogens with zero attached hydrogens (tertiary/aromatic N) is 2. The van der Waals surface area contributed by atoms with Crippen LogP contribution in [0.25, 0.3) is 11.3 Å². The van der Waals surface area contributed by atoms with Crippen LogP contribution in [0, 0.1) is 0 Å². The lowest BCUT2D eigenvalue weighted by atomic mass is 10.1. The monoisotopic (exact) mass is 335 g/mol. The van der Waals surface area contributed by atoms with Gasteiger partial charge in [0.05, 0.1) is 5.69 Å². The third-order valence-electron chi connectivity index (χ3n) is 3.01. The molecule has 0 bridgehead atoms. The van der Waals surface area contributed by atoms with E-state index in [9.17, 15) is 4.79 Å². The largest absolute Gasteiger partial charge is 0.305 e. The smallest absolute Gasteiger partial charge is 0.256 e. The van der Waals surface area contributed by atoms with Gasteiger partial charge < -0.3 is 5.32 Å². The molecule has 0 unspecified atom stereocenters. The number of hydrogen-bond acceptors (Lipinski definition) is 3. The number of nitrogens with one attached hydrogen (secondary N) is 1. The molecule has 2 aromatic carbocycles. The lowest BCUT2D eigenvalue weighted by Crippen LogP contribution is -2.13. The summed E-state index contributed by atoms with van der Waals surface area (Å²) in [6.45, 7) is 8.00. The molecule has 0 aliphatic rings. The summed E-state index contributed by atoms with van der Waals surface area (Å²) in [5.74, 6) is 0.237. The predicted octanol–water partition coefficient (Wildman–Crippen LogP) is 5.45. The number of rotatable bonds is 3. The predicted molar refractivity (Wildman–Crippen MR) is 105 cm³/mol. The maximum absolute atomic E-state index is 12.0. The number of amides is 1. The molecular weight excluding hydrogens is 310 g/mol. The van der Waals surface area contributed by atoms with Gasteiger partial charge in [-0.2, -0.15) is 0 Å². The van der Waals surface area contributed by atoms with Crippen LogP contribution in [0.5, 0.6) is 0 Å². The van der Waals surface area contributed by atoms with Crippen molar-refractivity contribution in [3.63, 3.8) is 0 Å². The van der Waals surface area contributed by atoms with E-state index in [1.165, 1.54) is 0 Å². The molecule has 1 aromatic heterocycles. The van der Waals surface area contributed by atoms with Crippen LogP contribution in [0.3, 0.4) is 0 Å². The molecule has 1 amide bonds. The fraction of sp³-hybridized carbons (Fsp3) is 0.190. The molecule has 0 radical (unpaired) electrons. The van der Waals surface area contributed by atoms with Gasteiger partial charge in [0.15, 0.2) is 5.82 Å². The van der Waals surface area contributed by atoms with Crippen molar-refractivity contribution in [2.75, 3.05) is 5.32 Å². The molecule has 3 aromatic rings. The van der Waals surface area contributed by atoms with Gasteiger partial charge in [-0.1, -0.05) is 76.2 Å². The van der Waals surface area contributed by atoms with Crippen LogP contribution in [0.15, 0.2) is 72.8 Å². The van der Waals surface area contributed by atoms with E-state index in [4.69, 9.17) is 0 Å². The Hall–Kier alpha value is -3.01. The third-order valence-corrected chi connectivity index (χ3v) is 3.01. The highest BCUT2D eigenvalue weighted by Crippen LogP contribution is 2.16. The Morgan fingerprint density at radius 1 is 0.720 bits per heavy atom. The van der Waals surface area contributed by atoms with Crippen LogP contribution >= 0.6 is 0 Å². The van der Waals surface area contributed by atoms with Gasteiger partial charge in [0.1, 0.15) is 0 Å². The van der Waals surface area contributed by atoms with E-state index in [0.29, 0.717) is 11.4 Å². The topological polar surface area (TPSA) is 54.9 Å². The molecule has 4 heteroatoms. The fourth-order valence-corrected chi connectivity index (χ4v) is 1.94. The first kappa shape index (κ1) is 20.0. The van der Waals surface area contributed by atoms with Crippen LogP contribution in [0.1, 0.15) is 38.1 Å². The van der Waals surface area contributed by atoms with Gasteiger partial charge >= 0.3 is 0 Å². The summed E-state index contributed by atoms with van der Waals surface area (Å²) < 4.78 is 0. The SMILES string of the molecule is CC.CC.O=C(Nc1ccc(-c2ccccc2)nn1)c1ccccc1. The van der Waals surface area contributed by atoms with Gasteiger partial charge in [0, 0.05) is 11.1 Å². The summed E-state index contributed by atoms with van der Waals surface area (Å²) in [7, 11) is 0. The van der Waals surface area contributed by atoms with Crippen LogP contribution in [0.2, 0.25) is 0 Å². The number of hydrogen-bond donors (Lipinski definition) is 1. The van der Waals surface area contributed by atoms with Crippen molar-refractivity contribution in [3.05, 3.63) is 78.4 Å². The molecule has 0 spiro atoms. The molecule has 0 aliphatic carbocycles. The zero-order valence-corrected chi connectivity index (χ0v) is 15.2. The van der Waals surface area contributed by atoms with Gasteiger partial charge in [-0.25, -0.2) is 0 Å². The van der Waals surface area contributed by atoms with Crippen molar-refractivity contribution in [2.45, 2.75) is 27.7 Å². The van der Waals surface area contributed by atoms with Gasteiger partial charge in [-0.05, 0) is 24.3 Å². The second kappa shape index (κ2) is 11.5. The Balaban J connectivity index is 0.000000730. The molecule has 0 atom stereocenters. The van der Waals surface area contributed by atoms with Crippen molar-refractivity contribution in [3.8, 4) is 11.3 Å². The standard InChI is InChI=1S/C17H13N3O.2C2H6/c21-17(14-9-5-2-6-10-14)18-16-12-11-15(19-20-16)13-7-3-1-4-8-13;2*1-2/h1-12H,(H,18,20,21);2*1-2H3. The van der Waals surface area contributed by atoms with E-state index in [0.717, 1.165) is 11.3 Å². The van der Waals surface area contributed by atoms with E-state index in [-0.39, 0.29) is 5.91 Å². The Labute approximate surface area is 150 Å². The van der Waals surface area contributed by atoms with Crippen LogP contribution in [0.4, 0.5) is 5.82 Å². The average Bonchev–Trinajstić information content (AvgIpc) is 2.73. The van der Waals surface area contributed by atoms with Crippen molar-refractivity contribution in [2.24, 2.45) is 0 Å². The van der Waals surface area contributed by atoms with E-state index < -0.39 is 0 Å². The molecule has 0 saturated carbocycles. The zero-order valence-electron chi connectivity index (χ0n) is 15.2. The first-order valence-electron chi connectivity index (χ1n) is 8.58. The van der Waals surface area contributed by atoms with Gasteiger partial charge in [-0.15, -0.1) is 10.2 Å². The fourth-order valence-electron chi connectivity index (χ4n) is 1.94. The normalized spacial score (nSPS) is 8.96. The zero-order chi connectivity index (χ0) is 18.5. The number of carbonyl (C=O) groups is 1. The first-order chi connectivity index (χ1) is 12.3. The highest BCUT2D eigenvalue weighted by molar-refractivity contribution is 6.03. The van der Waals surface area contributed by atoms with Crippen molar-refractivity contribution in [1.29, 1.82) is 0 Å². The Morgan fingerprint density at radius 3 is 1.80 bits per heavy atom. The second-order valence-electron chi connectivity index (χ2n) is 4.49. The van der Waals surface area contributed by atoms with Gasteiger partial charge in [-0.3, -0.25) is 4.79 Å². The van der Waals surface area contributed by atoms with E-state index in [2.05, 4.69) is 15.5 Å². The maximum Gasteiger partial charge on any atom is 0.256 e. The van der Waals surface area contributed by atoms with Crippen LogP contribution in [-0.2, 0) is 0 Å². The van der Waals surface area contributed by atoms with Gasteiger partial charge in [0.2, 0.25) is 0 Å². The Kier molecular flexibility index (Phi) is 9.23. The Morgan fingerprint density at radius 2 is 1.28 bits per heavy atom. The summed E-state index contributed by atoms with van der Waals surface area (Å²) in [5, 5.41) is 10.9. The molecule has 0 saturated heterocycles. The quantitative estimate of drug-likeness (QED) is 0.692. The molecule has 25 heavy (non-hydrogen) atoms. The molecule has 1 N–H and O–H groups in total. The van der Waals surface area contributed by atoms with Crippen molar-refractivity contribution < 1.29 is 4.79 Å². The van der Waals surface area contributed by atoms with Crippen molar-refractivity contribution in [1.82, 2.24) is 10.2 Å². The lowest BCUT2D eigenvalue weighted by Gasteiger charge is -2.04. The maximum atomic E-state index is 12.0. The van der Waals surface area contributed by atoms with Gasteiger partial charge in [0.25, 0.3) is 5.91 Å². The van der Waals surface area contributed by atoms with E-state index >= 15 is 0 Å². The second-order valence-corrected chi connectivity index (χ2v) is 4.49. The first-order valence-corrected chi connectivity index (χ1v) is 8.58. The number of carbonyl (C=O) groups excluding carboxylic acids is 1. The molecule has 4 nitrogen and oxygen atoms in total. The summed E-state index contributed by atoms with van der Waals surface area (Å²) in [6.07, 6.45) is 0. The van der Waals surface area contributed by atoms with E-state index in [1.807, 2.05) is 82.3 Å². The molecule has 3 rings (SSSR count). The average molecular weight is 335 g/mol. The number of anilines is 1. The van der Waals surface area contributed by atoms with E-state index in [1.54, 1.807) is 18.2 Å². The molecule has 0 aliphatic heterocycles. The molecule has 0 fully saturated rings. The summed E-state index contributed by atoms with van der Waals surface area (Å²) in [6, 6.07) is 22.4. The summed E-state index contributed by atoms with van der Waals surface area (Å²) in [5.41, 5.74) is 2.35. The lowest BCUT2D eigenvalue weighted by molar-refractivity contribution is 0.102. The Bertz CT molecular complexity index is 726. The number of aromatic nitrogens is 2. The minimum Gasteiger partial charge on any atom is -0.305 e. The summed E-state index contributed by atoms with van der Waals surface area (Å²) in [4.78, 5) is 12.0. The van der Waals surface area contributed by atoms with Crippen LogP contribution in [-0.4, -0.2) is 16.1 Å². The number of benzene rings is 2. The molecular formula is C21H25N3O. The summed E-state index contributed by atoms with van der Waals surface area (Å²) >= 11 is 0. The molecule has 1 heterocycles. The minimum absolute atomic E-state index is 0.197. The minimum atomic E-state index is -0.197. The van der Waals surface area contributed by atoms with Crippen molar-refractivity contribution >= 4 is 11.7 Å².